The van der Waals surface area contributed by atoms with Gasteiger partial charge in [0.25, 0.3) is 5.91 Å². The number of amides is 1. The average Bonchev–Trinajstić information content (AvgIpc) is 3.13. The first-order chi connectivity index (χ1) is 14.3. The second-order valence-electron chi connectivity index (χ2n) is 6.76. The first kappa shape index (κ1) is 19.9. The van der Waals surface area contributed by atoms with Gasteiger partial charge in [0, 0.05) is 33.2 Å². The van der Waals surface area contributed by atoms with Crippen LogP contribution in [0.15, 0.2) is 30.6 Å². The van der Waals surface area contributed by atoms with E-state index in [0.717, 1.165) is 12.1 Å². The van der Waals surface area contributed by atoms with Gasteiger partial charge in [0.15, 0.2) is 23.6 Å². The summed E-state index contributed by atoms with van der Waals surface area (Å²) in [4.78, 5) is 24.5. The summed E-state index contributed by atoms with van der Waals surface area (Å²) in [6.07, 6.45) is -3.02. The molecule has 1 aliphatic rings. The molecule has 0 radical (unpaired) electrons. The molecule has 3 aromatic rings. The van der Waals surface area contributed by atoms with Gasteiger partial charge in [-0.25, -0.2) is 14.6 Å². The van der Waals surface area contributed by atoms with Crippen LogP contribution in [0.5, 0.6) is 5.75 Å². The third-order valence-corrected chi connectivity index (χ3v) is 4.82. The van der Waals surface area contributed by atoms with Crippen molar-refractivity contribution in [1.82, 2.24) is 29.9 Å². The van der Waals surface area contributed by atoms with E-state index in [1.807, 2.05) is 4.90 Å². The molecule has 2 aromatic heterocycles. The number of carbonyl (C=O) groups is 1. The largest absolute Gasteiger partial charge is 0.484 e. The van der Waals surface area contributed by atoms with Gasteiger partial charge in [-0.2, -0.15) is 13.2 Å². The molecule has 1 fully saturated rings. The molecule has 0 N–H and O–H groups in total. The third kappa shape index (κ3) is 3.98. The molecule has 12 heteroatoms. The molecule has 0 atom stereocenters. The van der Waals surface area contributed by atoms with E-state index in [1.54, 1.807) is 16.6 Å². The van der Waals surface area contributed by atoms with Crippen molar-refractivity contribution in [3.63, 3.8) is 0 Å². The molecule has 4 rings (SSSR count). The Morgan fingerprint density at radius 2 is 1.93 bits per heavy atom. The zero-order chi connectivity index (χ0) is 21.3. The van der Waals surface area contributed by atoms with E-state index in [-0.39, 0.29) is 18.3 Å². The summed E-state index contributed by atoms with van der Waals surface area (Å²) >= 11 is 0. The number of nitrogens with zero attached hydrogens (tertiary/aromatic N) is 7. The Morgan fingerprint density at radius 3 is 2.67 bits per heavy atom. The highest BCUT2D eigenvalue weighted by atomic mass is 19.4. The van der Waals surface area contributed by atoms with Crippen LogP contribution in [0.1, 0.15) is 5.56 Å². The topological polar surface area (TPSA) is 89.3 Å². The fraction of sp³-hybridized carbons (Fsp3) is 0.389. The summed E-state index contributed by atoms with van der Waals surface area (Å²) in [5.41, 5.74) is 0.391. The van der Waals surface area contributed by atoms with Crippen LogP contribution in [-0.4, -0.2) is 68.6 Å². The molecular formula is C18H18F3N7O2. The number of ether oxygens (including phenoxy) is 1. The Balaban J connectivity index is 1.35. The first-order valence-corrected chi connectivity index (χ1v) is 9.16. The number of benzene rings is 1. The number of fused-ring (bicyclic) bond motifs is 1. The number of halogens is 3. The van der Waals surface area contributed by atoms with E-state index in [0.29, 0.717) is 43.2 Å². The predicted octanol–water partition coefficient (Wildman–Crippen LogP) is 1.50. The number of aromatic nitrogens is 5. The van der Waals surface area contributed by atoms with Gasteiger partial charge in [-0.05, 0) is 18.2 Å². The molecule has 0 unspecified atom stereocenters. The molecule has 9 nitrogen and oxygen atoms in total. The number of anilines is 1. The Kier molecular flexibility index (Phi) is 5.14. The maximum absolute atomic E-state index is 12.8. The molecule has 30 heavy (non-hydrogen) atoms. The molecule has 0 spiro atoms. The maximum atomic E-state index is 12.8. The first-order valence-electron chi connectivity index (χ1n) is 9.16. The highest BCUT2D eigenvalue weighted by molar-refractivity contribution is 5.83. The lowest BCUT2D eigenvalue weighted by molar-refractivity contribution is -0.137. The summed E-state index contributed by atoms with van der Waals surface area (Å²) in [5, 5.41) is 8.06. The summed E-state index contributed by atoms with van der Waals surface area (Å²) in [6.45, 7) is 1.58. The van der Waals surface area contributed by atoms with Gasteiger partial charge in [-0.1, -0.05) is 11.3 Å². The van der Waals surface area contributed by atoms with Crippen LogP contribution >= 0.6 is 0 Å². The Morgan fingerprint density at radius 1 is 1.17 bits per heavy atom. The van der Waals surface area contributed by atoms with Gasteiger partial charge >= 0.3 is 6.18 Å². The van der Waals surface area contributed by atoms with Crippen LogP contribution in [0.4, 0.5) is 19.0 Å². The van der Waals surface area contributed by atoms with E-state index < -0.39 is 11.7 Å². The van der Waals surface area contributed by atoms with Crippen LogP contribution < -0.4 is 9.64 Å². The van der Waals surface area contributed by atoms with E-state index in [4.69, 9.17) is 4.74 Å². The summed E-state index contributed by atoms with van der Waals surface area (Å²) in [5.74, 6) is 0.364. The number of hydrogen-bond donors (Lipinski definition) is 0. The van der Waals surface area contributed by atoms with E-state index in [2.05, 4.69) is 20.3 Å². The zero-order valence-electron chi connectivity index (χ0n) is 16.0. The van der Waals surface area contributed by atoms with Crippen LogP contribution in [0, 0.1) is 0 Å². The number of rotatable bonds is 4. The minimum absolute atomic E-state index is 0.00263. The van der Waals surface area contributed by atoms with Gasteiger partial charge in [0.05, 0.1) is 5.56 Å². The standard InChI is InChI=1S/C18H18F3N7O2/c1-26-16-15(24-25-26)17(23-11-22-16)28-7-5-27(6-8-28)14(29)10-30-13-4-2-3-12(9-13)18(19,20)21/h2-4,9,11H,5-8,10H2,1H3. The average molecular weight is 421 g/mol. The molecule has 0 aliphatic carbocycles. The molecule has 0 bridgehead atoms. The van der Waals surface area contributed by atoms with Crippen molar-refractivity contribution >= 4 is 22.9 Å². The molecule has 1 aromatic carbocycles. The van der Waals surface area contributed by atoms with Gasteiger partial charge in [0.1, 0.15) is 12.1 Å². The Labute approximate surface area is 169 Å². The Bertz CT molecular complexity index is 1060. The number of carbonyl (C=O) groups excluding carboxylic acids is 1. The lowest BCUT2D eigenvalue weighted by Crippen LogP contribution is -2.50. The third-order valence-electron chi connectivity index (χ3n) is 4.82. The van der Waals surface area contributed by atoms with E-state index in [9.17, 15) is 18.0 Å². The van der Waals surface area contributed by atoms with Crippen LogP contribution in [-0.2, 0) is 18.0 Å². The molecule has 158 valence electrons. The van der Waals surface area contributed by atoms with Gasteiger partial charge < -0.3 is 14.5 Å². The molecular weight excluding hydrogens is 403 g/mol. The lowest BCUT2D eigenvalue weighted by Gasteiger charge is -2.35. The zero-order valence-corrected chi connectivity index (χ0v) is 16.0. The smallest absolute Gasteiger partial charge is 0.416 e. The second-order valence-corrected chi connectivity index (χ2v) is 6.76. The van der Waals surface area contributed by atoms with Crippen molar-refractivity contribution in [3.05, 3.63) is 36.2 Å². The number of alkyl halides is 3. The van der Waals surface area contributed by atoms with Crippen molar-refractivity contribution in [2.45, 2.75) is 6.18 Å². The Hall–Kier alpha value is -3.44. The molecule has 3 heterocycles. The predicted molar refractivity (Wildman–Crippen MR) is 99.8 cm³/mol. The van der Waals surface area contributed by atoms with Crippen LogP contribution in [0.2, 0.25) is 0 Å². The van der Waals surface area contributed by atoms with E-state index in [1.165, 1.54) is 18.5 Å². The van der Waals surface area contributed by atoms with Crippen molar-refractivity contribution in [1.29, 1.82) is 0 Å². The number of piperazine rings is 1. The molecule has 0 saturated carbocycles. The molecule has 1 saturated heterocycles. The lowest BCUT2D eigenvalue weighted by atomic mass is 10.2. The number of hydrogen-bond acceptors (Lipinski definition) is 7. The van der Waals surface area contributed by atoms with Crippen molar-refractivity contribution in [3.8, 4) is 5.75 Å². The summed E-state index contributed by atoms with van der Waals surface area (Å²) in [6, 6.07) is 4.47. The van der Waals surface area contributed by atoms with Gasteiger partial charge in [-0.15, -0.1) is 5.10 Å². The maximum Gasteiger partial charge on any atom is 0.416 e. The van der Waals surface area contributed by atoms with Crippen LogP contribution in [0.25, 0.3) is 11.2 Å². The quantitative estimate of drug-likeness (QED) is 0.631. The minimum Gasteiger partial charge on any atom is -0.484 e. The SMILES string of the molecule is Cn1nnc2c(N3CCN(C(=O)COc4cccc(C(F)(F)F)c4)CC3)ncnc21. The van der Waals surface area contributed by atoms with Crippen molar-refractivity contribution < 1.29 is 22.7 Å². The summed E-state index contributed by atoms with van der Waals surface area (Å²) < 4.78 is 45.2. The fourth-order valence-corrected chi connectivity index (χ4v) is 3.24. The summed E-state index contributed by atoms with van der Waals surface area (Å²) in [7, 11) is 1.74. The normalized spacial score (nSPS) is 14.9. The second kappa shape index (κ2) is 7.76. The minimum atomic E-state index is -4.46. The highest BCUT2D eigenvalue weighted by Crippen LogP contribution is 2.31. The van der Waals surface area contributed by atoms with Crippen molar-refractivity contribution in [2.24, 2.45) is 7.05 Å². The van der Waals surface area contributed by atoms with Crippen LogP contribution in [0.3, 0.4) is 0 Å². The fourth-order valence-electron chi connectivity index (χ4n) is 3.24. The molecule has 1 amide bonds. The van der Waals surface area contributed by atoms with E-state index >= 15 is 0 Å². The van der Waals surface area contributed by atoms with Crippen molar-refractivity contribution in [2.75, 3.05) is 37.7 Å². The molecule has 1 aliphatic heterocycles. The highest BCUT2D eigenvalue weighted by Gasteiger charge is 2.31. The number of aryl methyl sites for hydroxylation is 1. The van der Waals surface area contributed by atoms with Gasteiger partial charge in [0.2, 0.25) is 0 Å². The monoisotopic (exact) mass is 421 g/mol. The van der Waals surface area contributed by atoms with Gasteiger partial charge in [-0.3, -0.25) is 4.79 Å².